The highest BCUT2D eigenvalue weighted by atomic mass is 16.6. The van der Waals surface area contributed by atoms with Gasteiger partial charge in [0.2, 0.25) is 0 Å². The van der Waals surface area contributed by atoms with Crippen molar-refractivity contribution in [2.45, 2.75) is 105 Å². The van der Waals surface area contributed by atoms with Crippen LogP contribution in [0.1, 0.15) is 74.7 Å². The monoisotopic (exact) mass is 441 g/mol. The van der Waals surface area contributed by atoms with Gasteiger partial charge in [-0.05, 0) is 63.8 Å². The van der Waals surface area contributed by atoms with Crippen LogP contribution < -0.4 is 0 Å². The van der Waals surface area contributed by atoms with Crippen molar-refractivity contribution < 1.29 is 24.9 Å². The number of esters is 1. The molecule has 0 radical (unpaired) electrons. The third-order valence-electron chi connectivity index (χ3n) is 7.36. The molecule has 1 saturated heterocycles. The zero-order valence-corrected chi connectivity index (χ0v) is 21.2. The molecule has 1 aliphatic heterocycles. The number of hydrogen-bond acceptors (Lipinski definition) is 6. The summed E-state index contributed by atoms with van der Waals surface area (Å²) in [6, 6.07) is -0.378. The largest absolute Gasteiger partial charge is 0.459 e. The second-order valence-electron chi connectivity index (χ2n) is 11.3. The fourth-order valence-corrected chi connectivity index (χ4v) is 5.48. The first-order valence-corrected chi connectivity index (χ1v) is 11.6. The topological polar surface area (TPSA) is 90.2 Å². The van der Waals surface area contributed by atoms with Crippen molar-refractivity contribution >= 4 is 5.97 Å². The van der Waals surface area contributed by atoms with Gasteiger partial charge in [-0.15, -0.1) is 6.58 Å². The van der Waals surface area contributed by atoms with Crippen LogP contribution in [0.5, 0.6) is 0 Å². The average Bonchev–Trinajstić information content (AvgIpc) is 2.67. The Morgan fingerprint density at radius 1 is 1.19 bits per heavy atom. The van der Waals surface area contributed by atoms with E-state index in [1.165, 1.54) is 6.92 Å². The molecule has 1 unspecified atom stereocenters. The van der Waals surface area contributed by atoms with E-state index < -0.39 is 35.8 Å². The van der Waals surface area contributed by atoms with Gasteiger partial charge in [-0.2, -0.15) is 0 Å². The SMILES string of the molecule is C=CC1(C)CN(C)[C@H](C)[C@@H](O)[C@](C)(O)[C@@H](CC)OC(=O)[C@H](C)[C@@H](O)[C@H](C)CC(C)(C)C1. The number of aliphatic hydroxyl groups is 3. The van der Waals surface area contributed by atoms with Crippen LogP contribution in [0.2, 0.25) is 0 Å². The third kappa shape index (κ3) is 6.77. The Kier molecular flexibility index (Phi) is 9.35. The molecule has 6 nitrogen and oxygen atoms in total. The van der Waals surface area contributed by atoms with E-state index in [1.807, 2.05) is 38.8 Å². The van der Waals surface area contributed by atoms with Crippen LogP contribution in [0.25, 0.3) is 0 Å². The van der Waals surface area contributed by atoms with Gasteiger partial charge in [-0.25, -0.2) is 0 Å². The number of hydrogen-bond donors (Lipinski definition) is 3. The van der Waals surface area contributed by atoms with Gasteiger partial charge in [0.15, 0.2) is 0 Å². The molecule has 0 aromatic carbocycles. The summed E-state index contributed by atoms with van der Waals surface area (Å²) < 4.78 is 5.65. The lowest BCUT2D eigenvalue weighted by Gasteiger charge is -2.44. The molecule has 8 atom stereocenters. The summed E-state index contributed by atoms with van der Waals surface area (Å²) in [6.45, 7) is 20.0. The van der Waals surface area contributed by atoms with E-state index in [0.29, 0.717) is 13.0 Å². The minimum absolute atomic E-state index is 0.104. The van der Waals surface area contributed by atoms with Gasteiger partial charge in [-0.3, -0.25) is 4.79 Å². The summed E-state index contributed by atoms with van der Waals surface area (Å²) in [5, 5.41) is 33.2. The Morgan fingerprint density at radius 3 is 2.23 bits per heavy atom. The molecule has 0 saturated carbocycles. The Bertz CT molecular complexity index is 619. The molecule has 0 aromatic rings. The first-order chi connectivity index (χ1) is 14.0. The lowest BCUT2D eigenvalue weighted by molar-refractivity contribution is -0.192. The van der Waals surface area contributed by atoms with Gasteiger partial charge >= 0.3 is 5.97 Å². The fourth-order valence-electron chi connectivity index (χ4n) is 5.48. The summed E-state index contributed by atoms with van der Waals surface area (Å²) in [5.41, 5.74) is -1.98. The number of ether oxygens (including phenoxy) is 1. The molecule has 6 heteroatoms. The molecule has 182 valence electrons. The molecular weight excluding hydrogens is 394 g/mol. The summed E-state index contributed by atoms with van der Waals surface area (Å²) in [6.07, 6.45) is 1.01. The van der Waals surface area contributed by atoms with Crippen molar-refractivity contribution in [1.29, 1.82) is 0 Å². The molecule has 0 amide bonds. The van der Waals surface area contributed by atoms with E-state index in [2.05, 4.69) is 27.4 Å². The van der Waals surface area contributed by atoms with Crippen LogP contribution in [0.15, 0.2) is 12.7 Å². The molecule has 3 N–H and O–H groups in total. The molecule has 31 heavy (non-hydrogen) atoms. The summed E-state index contributed by atoms with van der Waals surface area (Å²) in [5.74, 6) is -1.40. The zero-order chi connectivity index (χ0) is 24.4. The fraction of sp³-hybridized carbons (Fsp3) is 0.880. The van der Waals surface area contributed by atoms with E-state index >= 15 is 0 Å². The Morgan fingerprint density at radius 2 is 1.74 bits per heavy atom. The molecule has 0 aromatic heterocycles. The van der Waals surface area contributed by atoms with E-state index in [-0.39, 0.29) is 22.8 Å². The molecule has 1 fully saturated rings. The summed E-state index contributed by atoms with van der Waals surface area (Å²) >= 11 is 0. The van der Waals surface area contributed by atoms with Crippen molar-refractivity contribution in [1.82, 2.24) is 4.90 Å². The maximum absolute atomic E-state index is 12.8. The smallest absolute Gasteiger partial charge is 0.311 e. The Labute approximate surface area is 189 Å². The standard InChI is InChI=1S/C25H47NO5/c1-11-19-25(9,30)21(28)18(5)26(10)15-24(8,12-2)14-23(6,7)13-16(3)20(27)17(4)22(29)31-19/h12,16-21,27-28,30H,2,11,13-15H2,1,3-10H3/t16-,17-,18-,19-,20+,21-,24?,25-/m1/s1. The highest BCUT2D eigenvalue weighted by Crippen LogP contribution is 2.41. The lowest BCUT2D eigenvalue weighted by Crippen LogP contribution is -2.59. The number of nitrogens with zero attached hydrogens (tertiary/aromatic N) is 1. The van der Waals surface area contributed by atoms with Crippen LogP contribution in [0, 0.1) is 22.7 Å². The van der Waals surface area contributed by atoms with Crippen molar-refractivity contribution in [3.05, 3.63) is 12.7 Å². The molecule has 1 heterocycles. The van der Waals surface area contributed by atoms with Gasteiger partial charge in [0.25, 0.3) is 0 Å². The Hall–Kier alpha value is -0.950. The minimum Gasteiger partial charge on any atom is -0.459 e. The Balaban J connectivity index is 3.43. The van der Waals surface area contributed by atoms with E-state index in [4.69, 9.17) is 4.74 Å². The molecule has 1 aliphatic rings. The predicted molar refractivity (Wildman–Crippen MR) is 125 cm³/mol. The van der Waals surface area contributed by atoms with Crippen LogP contribution in [0.3, 0.4) is 0 Å². The maximum Gasteiger partial charge on any atom is 0.311 e. The van der Waals surface area contributed by atoms with Gasteiger partial charge in [0.1, 0.15) is 17.8 Å². The van der Waals surface area contributed by atoms with E-state index in [9.17, 15) is 20.1 Å². The number of carbonyl (C=O) groups is 1. The highest BCUT2D eigenvalue weighted by molar-refractivity contribution is 5.73. The number of likely N-dealkylation sites (N-methyl/N-ethyl adjacent to an activating group) is 1. The lowest BCUT2D eigenvalue weighted by atomic mass is 9.69. The molecule has 0 spiro atoms. The van der Waals surface area contributed by atoms with E-state index in [1.54, 1.807) is 6.92 Å². The van der Waals surface area contributed by atoms with Crippen LogP contribution in [0.4, 0.5) is 0 Å². The summed E-state index contributed by atoms with van der Waals surface area (Å²) in [7, 11) is 1.93. The van der Waals surface area contributed by atoms with Gasteiger partial charge in [0.05, 0.1) is 12.0 Å². The summed E-state index contributed by atoms with van der Waals surface area (Å²) in [4.78, 5) is 14.9. The highest BCUT2D eigenvalue weighted by Gasteiger charge is 2.46. The van der Waals surface area contributed by atoms with Crippen molar-refractivity contribution in [2.24, 2.45) is 22.7 Å². The second-order valence-corrected chi connectivity index (χ2v) is 11.3. The number of cyclic esters (lactones) is 1. The van der Waals surface area contributed by atoms with Gasteiger partial charge in [-0.1, -0.05) is 40.7 Å². The number of aliphatic hydroxyl groups excluding tert-OH is 2. The normalized spacial score (nSPS) is 44.1. The van der Waals surface area contributed by atoms with E-state index in [0.717, 1.165) is 12.8 Å². The second kappa shape index (κ2) is 10.3. The van der Waals surface area contributed by atoms with Crippen LogP contribution in [-0.4, -0.2) is 69.7 Å². The first-order valence-electron chi connectivity index (χ1n) is 11.6. The van der Waals surface area contributed by atoms with Crippen LogP contribution in [-0.2, 0) is 9.53 Å². The minimum atomic E-state index is -1.64. The first kappa shape index (κ1) is 28.1. The predicted octanol–water partition coefficient (Wildman–Crippen LogP) is 3.39. The molecular formula is C25H47NO5. The molecule has 0 aliphatic carbocycles. The maximum atomic E-state index is 12.8. The van der Waals surface area contributed by atoms with Gasteiger partial charge in [0, 0.05) is 12.6 Å². The number of carbonyl (C=O) groups excluding carboxylic acids is 1. The van der Waals surface area contributed by atoms with Crippen molar-refractivity contribution in [3.8, 4) is 0 Å². The molecule has 1 rings (SSSR count). The van der Waals surface area contributed by atoms with Crippen LogP contribution >= 0.6 is 0 Å². The zero-order valence-electron chi connectivity index (χ0n) is 21.2. The quantitative estimate of drug-likeness (QED) is 0.450. The van der Waals surface area contributed by atoms with Gasteiger partial charge < -0.3 is 25.0 Å². The number of rotatable bonds is 2. The molecule has 0 bridgehead atoms. The van der Waals surface area contributed by atoms with Crippen molar-refractivity contribution in [3.63, 3.8) is 0 Å². The van der Waals surface area contributed by atoms with Crippen molar-refractivity contribution in [2.75, 3.05) is 13.6 Å². The average molecular weight is 442 g/mol. The third-order valence-corrected chi connectivity index (χ3v) is 7.36.